The number of esters is 2. The zero-order chi connectivity index (χ0) is 26.0. The fourth-order valence-electron chi connectivity index (χ4n) is 3.92. The van der Waals surface area contributed by atoms with Gasteiger partial charge in [0, 0.05) is 35.9 Å². The molecular weight excluding hydrogens is 474 g/mol. The van der Waals surface area contributed by atoms with Gasteiger partial charge in [-0.2, -0.15) is 0 Å². The van der Waals surface area contributed by atoms with Gasteiger partial charge in [0.25, 0.3) is 5.69 Å². The second-order valence-electron chi connectivity index (χ2n) is 7.94. The first-order valence-electron chi connectivity index (χ1n) is 11.3. The van der Waals surface area contributed by atoms with E-state index in [4.69, 9.17) is 15.2 Å². The molecule has 2 unspecified atom stereocenters. The van der Waals surface area contributed by atoms with Crippen molar-refractivity contribution in [2.75, 3.05) is 31.8 Å². The SMILES string of the molecule is CCOC(=O)C1=C(CSCC(=O)CCCCN)N=C(C)C(C(=O)OC)C1c1cccc([N+](=O)[O-])c1. The van der Waals surface area contributed by atoms with E-state index < -0.39 is 28.7 Å². The molecule has 1 aromatic rings. The predicted molar refractivity (Wildman–Crippen MR) is 133 cm³/mol. The average molecular weight is 506 g/mol. The second kappa shape index (κ2) is 13.7. The third-order valence-electron chi connectivity index (χ3n) is 5.52. The molecule has 2 atom stereocenters. The summed E-state index contributed by atoms with van der Waals surface area (Å²) in [7, 11) is 1.23. The number of hydrogen-bond donors (Lipinski definition) is 1. The van der Waals surface area contributed by atoms with Gasteiger partial charge in [0.1, 0.15) is 11.7 Å². The number of aliphatic imine (C=N–C) groups is 1. The summed E-state index contributed by atoms with van der Waals surface area (Å²) in [4.78, 5) is 53.5. The number of Topliss-reactive ketones (excluding diaryl/α,β-unsaturated/α-hetero) is 1. The van der Waals surface area contributed by atoms with Crippen LogP contribution in [0.15, 0.2) is 40.5 Å². The molecule has 1 aliphatic heterocycles. The van der Waals surface area contributed by atoms with E-state index in [2.05, 4.69) is 4.99 Å². The van der Waals surface area contributed by atoms with E-state index in [-0.39, 0.29) is 35.2 Å². The summed E-state index contributed by atoms with van der Waals surface area (Å²) in [5.74, 6) is -2.61. The lowest BCUT2D eigenvalue weighted by atomic mass is 9.75. The van der Waals surface area contributed by atoms with E-state index in [0.717, 1.165) is 12.8 Å². The van der Waals surface area contributed by atoms with Gasteiger partial charge >= 0.3 is 11.9 Å². The number of rotatable bonds is 13. The first-order valence-corrected chi connectivity index (χ1v) is 12.5. The van der Waals surface area contributed by atoms with Gasteiger partial charge in [0.15, 0.2) is 0 Å². The smallest absolute Gasteiger partial charge is 0.336 e. The molecule has 0 amide bonds. The largest absolute Gasteiger partial charge is 0.468 e. The third kappa shape index (κ3) is 7.46. The summed E-state index contributed by atoms with van der Waals surface area (Å²) in [6.45, 7) is 3.93. The van der Waals surface area contributed by atoms with E-state index >= 15 is 0 Å². The van der Waals surface area contributed by atoms with Gasteiger partial charge in [-0.05, 0) is 38.8 Å². The van der Waals surface area contributed by atoms with Gasteiger partial charge in [-0.15, -0.1) is 11.8 Å². The van der Waals surface area contributed by atoms with Crippen molar-refractivity contribution >= 4 is 40.9 Å². The topological polar surface area (TPSA) is 151 Å². The Morgan fingerprint density at radius 2 is 2.00 bits per heavy atom. The van der Waals surface area contributed by atoms with E-state index in [9.17, 15) is 24.5 Å². The van der Waals surface area contributed by atoms with Gasteiger partial charge in [-0.1, -0.05) is 12.1 Å². The summed E-state index contributed by atoms with van der Waals surface area (Å²) in [6, 6.07) is 5.79. The van der Waals surface area contributed by atoms with E-state index in [1.165, 1.54) is 37.1 Å². The molecule has 0 aromatic heterocycles. The molecule has 10 nitrogen and oxygen atoms in total. The molecule has 0 radical (unpaired) electrons. The number of hydrogen-bond acceptors (Lipinski definition) is 10. The number of nitro benzene ring substituents is 1. The predicted octanol–water partition coefficient (Wildman–Crippen LogP) is 3.19. The molecule has 11 heteroatoms. The molecular formula is C24H31N3O7S. The van der Waals surface area contributed by atoms with Crippen LogP contribution >= 0.6 is 11.8 Å². The Morgan fingerprint density at radius 3 is 2.63 bits per heavy atom. The number of methoxy groups -OCH3 is 1. The maximum Gasteiger partial charge on any atom is 0.336 e. The molecule has 190 valence electrons. The zero-order valence-electron chi connectivity index (χ0n) is 20.2. The summed E-state index contributed by atoms with van der Waals surface area (Å²) >= 11 is 1.31. The Bertz CT molecular complexity index is 1020. The molecule has 1 aliphatic rings. The van der Waals surface area contributed by atoms with Crippen LogP contribution in [0.25, 0.3) is 0 Å². The van der Waals surface area contributed by atoms with Crippen LogP contribution in [0.4, 0.5) is 5.69 Å². The number of non-ortho nitro benzene ring substituents is 1. The van der Waals surface area contributed by atoms with Crippen molar-refractivity contribution in [2.24, 2.45) is 16.6 Å². The lowest BCUT2D eigenvalue weighted by molar-refractivity contribution is -0.384. The highest BCUT2D eigenvalue weighted by atomic mass is 32.2. The number of ether oxygens (including phenoxy) is 2. The summed E-state index contributed by atoms with van der Waals surface area (Å²) in [5.41, 5.74) is 6.61. The van der Waals surface area contributed by atoms with Crippen LogP contribution in [0.2, 0.25) is 0 Å². The molecule has 0 aliphatic carbocycles. The van der Waals surface area contributed by atoms with Crippen molar-refractivity contribution in [3.05, 3.63) is 51.2 Å². The van der Waals surface area contributed by atoms with E-state index in [1.54, 1.807) is 19.9 Å². The van der Waals surface area contributed by atoms with Crippen LogP contribution in [0.3, 0.4) is 0 Å². The fourth-order valence-corrected chi connectivity index (χ4v) is 4.81. The van der Waals surface area contributed by atoms with Crippen LogP contribution < -0.4 is 5.73 Å². The summed E-state index contributed by atoms with van der Waals surface area (Å²) < 4.78 is 10.3. The minimum atomic E-state index is -0.965. The number of nitrogens with zero attached hydrogens (tertiary/aromatic N) is 2. The van der Waals surface area contributed by atoms with Gasteiger partial charge in [-0.3, -0.25) is 24.7 Å². The lowest BCUT2D eigenvalue weighted by Gasteiger charge is -2.31. The average Bonchev–Trinajstić information content (AvgIpc) is 2.83. The molecule has 0 spiro atoms. The number of nitro groups is 1. The van der Waals surface area contributed by atoms with Crippen LogP contribution in [-0.2, 0) is 23.9 Å². The standard InChI is InChI=1S/C24H31N3O7S/c1-4-34-24(30)22-19(14-35-13-18(28)10-5-6-11-25)26-15(2)20(23(29)33-3)21(22)16-8-7-9-17(12-16)27(31)32/h7-9,12,20-21H,4-6,10-11,13-14,25H2,1-3H3. The molecule has 0 saturated heterocycles. The van der Waals surface area contributed by atoms with E-state index in [1.807, 2.05) is 0 Å². The Labute approximate surface area is 208 Å². The molecule has 35 heavy (non-hydrogen) atoms. The van der Waals surface area contributed by atoms with Crippen molar-refractivity contribution in [2.45, 2.75) is 39.0 Å². The highest BCUT2D eigenvalue weighted by molar-refractivity contribution is 8.00. The molecule has 2 rings (SSSR count). The zero-order valence-corrected chi connectivity index (χ0v) is 21.0. The molecule has 1 heterocycles. The van der Waals surface area contributed by atoms with Crippen LogP contribution in [0.5, 0.6) is 0 Å². The normalized spacial score (nSPS) is 17.5. The first-order chi connectivity index (χ1) is 16.7. The highest BCUT2D eigenvalue weighted by Gasteiger charge is 2.43. The molecule has 2 N–H and O–H groups in total. The number of carbonyl (C=O) groups excluding carboxylic acids is 3. The third-order valence-corrected chi connectivity index (χ3v) is 6.52. The molecule has 1 aromatic carbocycles. The quantitative estimate of drug-likeness (QED) is 0.184. The van der Waals surface area contributed by atoms with Gasteiger partial charge in [0.05, 0.1) is 35.7 Å². The van der Waals surface area contributed by atoms with Crippen molar-refractivity contribution in [3.8, 4) is 0 Å². The number of unbranched alkanes of at least 4 members (excludes halogenated alkanes) is 1. The van der Waals surface area contributed by atoms with Gasteiger partial charge in [-0.25, -0.2) is 4.79 Å². The number of thioether (sulfide) groups is 1. The monoisotopic (exact) mass is 505 g/mol. The highest BCUT2D eigenvalue weighted by Crippen LogP contribution is 2.41. The second-order valence-corrected chi connectivity index (χ2v) is 8.93. The molecule has 0 bridgehead atoms. The van der Waals surface area contributed by atoms with Gasteiger partial charge < -0.3 is 15.2 Å². The van der Waals surface area contributed by atoms with Crippen molar-refractivity contribution < 1.29 is 28.8 Å². The van der Waals surface area contributed by atoms with Crippen molar-refractivity contribution in [1.29, 1.82) is 0 Å². The minimum absolute atomic E-state index is 0.0703. The summed E-state index contributed by atoms with van der Waals surface area (Å²) in [6.07, 6.45) is 1.93. The Kier molecular flexibility index (Phi) is 11.1. The molecule has 0 fully saturated rings. The van der Waals surface area contributed by atoms with Crippen molar-refractivity contribution in [1.82, 2.24) is 0 Å². The van der Waals surface area contributed by atoms with Crippen LogP contribution in [-0.4, -0.2) is 60.1 Å². The summed E-state index contributed by atoms with van der Waals surface area (Å²) in [5, 5.41) is 11.4. The fraction of sp³-hybridized carbons (Fsp3) is 0.500. The Balaban J connectivity index is 2.50. The van der Waals surface area contributed by atoms with Crippen molar-refractivity contribution in [3.63, 3.8) is 0 Å². The Hall–Kier alpha value is -3.05. The minimum Gasteiger partial charge on any atom is -0.468 e. The number of ketones is 1. The number of nitrogens with two attached hydrogens (primary N) is 1. The molecule has 0 saturated carbocycles. The Morgan fingerprint density at radius 1 is 1.26 bits per heavy atom. The number of carbonyl (C=O) groups is 3. The maximum absolute atomic E-state index is 13.1. The maximum atomic E-state index is 13.1. The van der Waals surface area contributed by atoms with E-state index in [0.29, 0.717) is 29.9 Å². The van der Waals surface area contributed by atoms with Gasteiger partial charge in [0.2, 0.25) is 0 Å². The lowest BCUT2D eigenvalue weighted by Crippen LogP contribution is -2.36. The first kappa shape index (κ1) is 28.2. The van der Waals surface area contributed by atoms with Crippen LogP contribution in [0, 0.1) is 16.0 Å². The number of benzene rings is 1. The van der Waals surface area contributed by atoms with Crippen LogP contribution in [0.1, 0.15) is 44.6 Å².